The van der Waals surface area contributed by atoms with Crippen molar-refractivity contribution in [3.63, 3.8) is 0 Å². The molecule has 1 aromatic heterocycles. The highest BCUT2D eigenvalue weighted by molar-refractivity contribution is 5.85. The summed E-state index contributed by atoms with van der Waals surface area (Å²) in [6.07, 6.45) is 5.21. The lowest BCUT2D eigenvalue weighted by Gasteiger charge is -2.28. The number of pyridine rings is 1. The number of nitrogens with two attached hydrogens (primary N) is 1. The van der Waals surface area contributed by atoms with Gasteiger partial charge in [-0.15, -0.1) is 0 Å². The quantitative estimate of drug-likeness (QED) is 0.926. The fourth-order valence-electron chi connectivity index (χ4n) is 3.06. The van der Waals surface area contributed by atoms with Crippen molar-refractivity contribution in [3.05, 3.63) is 36.0 Å². The van der Waals surface area contributed by atoms with E-state index in [2.05, 4.69) is 18.0 Å². The van der Waals surface area contributed by atoms with Gasteiger partial charge in [0, 0.05) is 18.0 Å². The van der Waals surface area contributed by atoms with E-state index in [1.807, 2.05) is 24.3 Å². The molecule has 20 heavy (non-hydrogen) atoms. The van der Waals surface area contributed by atoms with Crippen LogP contribution >= 0.6 is 0 Å². The average molecular weight is 270 g/mol. The van der Waals surface area contributed by atoms with Gasteiger partial charge < -0.3 is 10.5 Å². The summed E-state index contributed by atoms with van der Waals surface area (Å²) in [6, 6.07) is 10.1. The Bertz CT molecular complexity index is 597. The molecule has 0 saturated heterocycles. The van der Waals surface area contributed by atoms with Crippen LogP contribution in [0.5, 0.6) is 5.75 Å². The Morgan fingerprint density at radius 2 is 2.15 bits per heavy atom. The Morgan fingerprint density at radius 3 is 2.95 bits per heavy atom. The van der Waals surface area contributed by atoms with Gasteiger partial charge in [-0.25, -0.2) is 0 Å². The van der Waals surface area contributed by atoms with Gasteiger partial charge >= 0.3 is 0 Å². The largest absolute Gasteiger partial charge is 0.490 e. The van der Waals surface area contributed by atoms with Gasteiger partial charge in [0.1, 0.15) is 5.75 Å². The summed E-state index contributed by atoms with van der Waals surface area (Å²) in [4.78, 5) is 4.56. The summed E-state index contributed by atoms with van der Waals surface area (Å²) in [6.45, 7) is 2.76. The van der Waals surface area contributed by atoms with E-state index in [1.54, 1.807) is 0 Å². The van der Waals surface area contributed by atoms with Crippen LogP contribution in [-0.2, 0) is 6.54 Å². The first-order valence-electron chi connectivity index (χ1n) is 7.51. The lowest BCUT2D eigenvalue weighted by Crippen LogP contribution is -2.24. The molecule has 2 atom stereocenters. The van der Waals surface area contributed by atoms with Gasteiger partial charge in [-0.2, -0.15) is 0 Å². The van der Waals surface area contributed by atoms with Crippen LogP contribution in [0, 0.1) is 5.92 Å². The maximum Gasteiger partial charge on any atom is 0.130 e. The molecular weight excluding hydrogens is 248 g/mol. The van der Waals surface area contributed by atoms with E-state index in [9.17, 15) is 0 Å². The molecule has 2 N–H and O–H groups in total. The molecule has 1 aliphatic carbocycles. The molecule has 0 radical (unpaired) electrons. The summed E-state index contributed by atoms with van der Waals surface area (Å²) < 4.78 is 6.29. The number of para-hydroxylation sites is 1. The summed E-state index contributed by atoms with van der Waals surface area (Å²) in [5.74, 6) is 1.70. The van der Waals surface area contributed by atoms with Crippen molar-refractivity contribution >= 4 is 10.9 Å². The second-order valence-corrected chi connectivity index (χ2v) is 5.84. The summed E-state index contributed by atoms with van der Waals surface area (Å²) in [7, 11) is 0. The van der Waals surface area contributed by atoms with Crippen LogP contribution in [0.2, 0.25) is 0 Å². The molecule has 0 amide bonds. The minimum absolute atomic E-state index is 0.329. The van der Waals surface area contributed by atoms with E-state index in [-0.39, 0.29) is 0 Å². The molecule has 0 bridgehead atoms. The molecule has 106 valence electrons. The molecule has 0 aliphatic heterocycles. The maximum atomic E-state index is 6.29. The van der Waals surface area contributed by atoms with E-state index in [0.717, 1.165) is 41.1 Å². The predicted octanol–water partition coefficient (Wildman–Crippen LogP) is 3.65. The van der Waals surface area contributed by atoms with Gasteiger partial charge in [0.2, 0.25) is 0 Å². The monoisotopic (exact) mass is 270 g/mol. The lowest BCUT2D eigenvalue weighted by atomic mass is 9.88. The SMILES string of the molecule is CC1CCCC(Oc2cc(CN)nc3ccccc23)C1. The zero-order chi connectivity index (χ0) is 13.9. The molecule has 3 rings (SSSR count). The standard InChI is InChI=1S/C17H22N2O/c1-12-5-4-6-14(9-12)20-17-10-13(11-18)19-16-8-3-2-7-15(16)17/h2-3,7-8,10,12,14H,4-6,9,11,18H2,1H3. The van der Waals surface area contributed by atoms with Crippen LogP contribution < -0.4 is 10.5 Å². The van der Waals surface area contributed by atoms with Crippen LogP contribution in [0.3, 0.4) is 0 Å². The van der Waals surface area contributed by atoms with Crippen LogP contribution in [0.4, 0.5) is 0 Å². The Balaban J connectivity index is 1.93. The second kappa shape index (κ2) is 5.80. The second-order valence-electron chi connectivity index (χ2n) is 5.84. The van der Waals surface area contributed by atoms with Crippen molar-refractivity contribution in [2.24, 2.45) is 11.7 Å². The summed E-state index contributed by atoms with van der Waals surface area (Å²) in [5.41, 5.74) is 7.61. The highest BCUT2D eigenvalue weighted by Gasteiger charge is 2.21. The fourth-order valence-corrected chi connectivity index (χ4v) is 3.06. The highest BCUT2D eigenvalue weighted by Crippen LogP contribution is 2.31. The molecule has 3 nitrogen and oxygen atoms in total. The third kappa shape index (κ3) is 2.78. The van der Waals surface area contributed by atoms with Gasteiger partial charge in [0.05, 0.1) is 17.3 Å². The molecule has 1 aliphatic rings. The summed E-state index contributed by atoms with van der Waals surface area (Å²) in [5, 5.41) is 1.09. The molecule has 2 aromatic rings. The number of hydrogen-bond donors (Lipinski definition) is 1. The number of rotatable bonds is 3. The molecule has 2 unspecified atom stereocenters. The average Bonchev–Trinajstić information content (AvgIpc) is 2.47. The van der Waals surface area contributed by atoms with Gasteiger partial charge in [0.25, 0.3) is 0 Å². The molecule has 1 aromatic carbocycles. The molecule has 1 saturated carbocycles. The van der Waals surface area contributed by atoms with Crippen molar-refractivity contribution in [3.8, 4) is 5.75 Å². The Hall–Kier alpha value is -1.61. The normalized spacial score (nSPS) is 22.9. The Labute approximate surface area is 120 Å². The number of hydrogen-bond acceptors (Lipinski definition) is 3. The third-order valence-electron chi connectivity index (χ3n) is 4.12. The first-order chi connectivity index (χ1) is 9.76. The third-order valence-corrected chi connectivity index (χ3v) is 4.12. The number of fused-ring (bicyclic) bond motifs is 1. The van der Waals surface area contributed by atoms with Gasteiger partial charge in [0.15, 0.2) is 0 Å². The van der Waals surface area contributed by atoms with E-state index >= 15 is 0 Å². The van der Waals surface area contributed by atoms with Gasteiger partial charge in [-0.05, 0) is 37.3 Å². The molecular formula is C17H22N2O. The first kappa shape index (κ1) is 13.4. The minimum atomic E-state index is 0.329. The van der Waals surface area contributed by atoms with Crippen LogP contribution in [0.1, 0.15) is 38.3 Å². The van der Waals surface area contributed by atoms with Crippen molar-refractivity contribution < 1.29 is 4.74 Å². The van der Waals surface area contributed by atoms with E-state index < -0.39 is 0 Å². The highest BCUT2D eigenvalue weighted by atomic mass is 16.5. The topological polar surface area (TPSA) is 48.1 Å². The molecule has 1 heterocycles. The zero-order valence-electron chi connectivity index (χ0n) is 12.0. The van der Waals surface area contributed by atoms with Crippen molar-refractivity contribution in [1.82, 2.24) is 4.98 Å². The van der Waals surface area contributed by atoms with Gasteiger partial charge in [-0.3, -0.25) is 4.98 Å². The van der Waals surface area contributed by atoms with E-state index in [4.69, 9.17) is 10.5 Å². The number of ether oxygens (including phenoxy) is 1. The minimum Gasteiger partial charge on any atom is -0.490 e. The Kier molecular flexibility index (Phi) is 3.88. The smallest absolute Gasteiger partial charge is 0.130 e. The number of aromatic nitrogens is 1. The predicted molar refractivity (Wildman–Crippen MR) is 81.7 cm³/mol. The fraction of sp³-hybridized carbons (Fsp3) is 0.471. The van der Waals surface area contributed by atoms with Crippen molar-refractivity contribution in [2.45, 2.75) is 45.3 Å². The van der Waals surface area contributed by atoms with E-state index in [0.29, 0.717) is 12.6 Å². The molecule has 3 heteroatoms. The number of benzene rings is 1. The zero-order valence-corrected chi connectivity index (χ0v) is 12.0. The summed E-state index contributed by atoms with van der Waals surface area (Å²) >= 11 is 0. The Morgan fingerprint density at radius 1 is 1.30 bits per heavy atom. The van der Waals surface area contributed by atoms with Crippen LogP contribution in [0.15, 0.2) is 30.3 Å². The van der Waals surface area contributed by atoms with Crippen LogP contribution in [0.25, 0.3) is 10.9 Å². The van der Waals surface area contributed by atoms with Crippen molar-refractivity contribution in [2.75, 3.05) is 0 Å². The first-order valence-corrected chi connectivity index (χ1v) is 7.51. The number of nitrogens with zero attached hydrogens (tertiary/aromatic N) is 1. The maximum absolute atomic E-state index is 6.29. The van der Waals surface area contributed by atoms with Crippen LogP contribution in [-0.4, -0.2) is 11.1 Å². The van der Waals surface area contributed by atoms with Crippen molar-refractivity contribution in [1.29, 1.82) is 0 Å². The molecule has 1 fully saturated rings. The van der Waals surface area contributed by atoms with Gasteiger partial charge in [-0.1, -0.05) is 25.5 Å². The lowest BCUT2D eigenvalue weighted by molar-refractivity contribution is 0.131. The molecule has 0 spiro atoms. The van der Waals surface area contributed by atoms with E-state index in [1.165, 1.54) is 12.8 Å².